The predicted octanol–water partition coefficient (Wildman–Crippen LogP) is 1.29. The summed E-state index contributed by atoms with van der Waals surface area (Å²) in [5.74, 6) is -0.178. The van der Waals surface area contributed by atoms with E-state index >= 15 is 0 Å². The van der Waals surface area contributed by atoms with Gasteiger partial charge in [-0.05, 0) is 25.4 Å². The minimum atomic E-state index is -0.337. The van der Waals surface area contributed by atoms with Gasteiger partial charge in [0.2, 0.25) is 0 Å². The number of carbonyl (C=O) groups is 1. The second-order valence-electron chi connectivity index (χ2n) is 7.19. The van der Waals surface area contributed by atoms with Crippen molar-refractivity contribution in [1.29, 1.82) is 0 Å². The number of anilines is 3. The van der Waals surface area contributed by atoms with E-state index in [2.05, 4.69) is 39.9 Å². The number of nitrogens with one attached hydrogen (secondary N) is 3. The quantitative estimate of drug-likeness (QED) is 0.283. The average molecular weight is 490 g/mol. The number of hydrogen-bond donors (Lipinski definition) is 4. The Kier molecular flexibility index (Phi) is 7.08. The smallest absolute Gasteiger partial charge is 0.271 e. The second kappa shape index (κ2) is 10.2. The minimum Gasteiger partial charge on any atom is -0.383 e. The van der Waals surface area contributed by atoms with Gasteiger partial charge in [0.15, 0.2) is 5.13 Å². The van der Waals surface area contributed by atoms with Crippen LogP contribution in [0.15, 0.2) is 22.3 Å². The summed E-state index contributed by atoms with van der Waals surface area (Å²) in [6, 6.07) is 0. The number of H-pyrrole nitrogens is 1. The number of hydrogen-bond acceptors (Lipinski definition) is 11. The number of nitrogens with two attached hydrogens (primary N) is 1. The first kappa shape index (κ1) is 23.0. The summed E-state index contributed by atoms with van der Waals surface area (Å²) < 4.78 is 8.00. The molecule has 14 heteroatoms. The van der Waals surface area contributed by atoms with Crippen molar-refractivity contribution in [1.82, 2.24) is 24.2 Å². The Labute approximate surface area is 197 Å². The predicted molar refractivity (Wildman–Crippen MR) is 128 cm³/mol. The van der Waals surface area contributed by atoms with Crippen molar-refractivity contribution in [3.63, 3.8) is 0 Å². The number of carbonyl (C=O) groups excluding carboxylic acids is 1. The molecule has 1 amide bonds. The molecule has 1 aliphatic rings. The number of nitrogens with zero attached hydrogens (tertiary/aromatic N) is 5. The molecule has 1 saturated heterocycles. The van der Waals surface area contributed by atoms with E-state index in [4.69, 9.17) is 10.5 Å². The fourth-order valence-electron chi connectivity index (χ4n) is 3.07. The molecular weight excluding hydrogens is 466 g/mol. The van der Waals surface area contributed by atoms with Crippen molar-refractivity contribution >= 4 is 50.4 Å². The van der Waals surface area contributed by atoms with Crippen LogP contribution >= 0.6 is 22.9 Å². The van der Waals surface area contributed by atoms with Gasteiger partial charge < -0.3 is 21.1 Å². The molecule has 4 rings (SSSR count). The Morgan fingerprint density at radius 2 is 2.12 bits per heavy atom. The van der Waals surface area contributed by atoms with Gasteiger partial charge in [-0.25, -0.2) is 15.0 Å². The summed E-state index contributed by atoms with van der Waals surface area (Å²) in [7, 11) is 0. The van der Waals surface area contributed by atoms with Crippen molar-refractivity contribution in [2.24, 2.45) is 10.7 Å². The molecule has 0 aromatic carbocycles. The highest BCUT2D eigenvalue weighted by Gasteiger charge is 2.20. The number of aromatic amines is 1. The molecule has 0 atom stereocenters. The number of amides is 1. The molecule has 0 radical (unpaired) electrons. The highest BCUT2D eigenvalue weighted by atomic mass is 32.1. The molecule has 5 N–H and O–H groups in total. The van der Waals surface area contributed by atoms with Crippen molar-refractivity contribution in [3.8, 4) is 0 Å². The molecule has 1 fully saturated rings. The molecule has 0 bridgehead atoms. The number of aryl methyl sites for hydroxylation is 2. The number of aromatic nitrogens is 4. The average Bonchev–Trinajstić information content (AvgIpc) is 3.36. The van der Waals surface area contributed by atoms with Gasteiger partial charge in [0, 0.05) is 13.1 Å². The lowest BCUT2D eigenvalue weighted by molar-refractivity contribution is 0.0394. The van der Waals surface area contributed by atoms with Crippen molar-refractivity contribution in [3.05, 3.63) is 44.7 Å². The normalized spacial score (nSPS) is 14.9. The Bertz CT molecular complexity index is 1230. The SMILES string of the molecule is Cc1ncncc1NC(=O)c1sc(Nc2s[nH]c(=O)c2C(N)=NCN2CCOCC2)nc1C. The van der Waals surface area contributed by atoms with Crippen LogP contribution in [0.5, 0.6) is 0 Å². The summed E-state index contributed by atoms with van der Waals surface area (Å²) in [5.41, 5.74) is 7.80. The van der Waals surface area contributed by atoms with Gasteiger partial charge in [-0.2, -0.15) is 0 Å². The molecule has 33 heavy (non-hydrogen) atoms. The second-order valence-corrected chi connectivity index (χ2v) is 9.00. The van der Waals surface area contributed by atoms with Crippen molar-refractivity contribution in [2.75, 3.05) is 43.6 Å². The van der Waals surface area contributed by atoms with E-state index in [1.54, 1.807) is 20.0 Å². The Morgan fingerprint density at radius 1 is 1.33 bits per heavy atom. The summed E-state index contributed by atoms with van der Waals surface area (Å²) in [6.45, 7) is 6.73. The van der Waals surface area contributed by atoms with Gasteiger partial charge in [-0.1, -0.05) is 11.3 Å². The van der Waals surface area contributed by atoms with E-state index in [1.165, 1.54) is 17.7 Å². The Balaban J connectivity index is 1.49. The number of ether oxygens (including phenoxy) is 1. The maximum absolute atomic E-state index is 12.7. The number of amidine groups is 1. The van der Waals surface area contributed by atoms with Crippen molar-refractivity contribution in [2.45, 2.75) is 13.8 Å². The molecule has 3 aromatic rings. The first-order chi connectivity index (χ1) is 15.9. The lowest BCUT2D eigenvalue weighted by Crippen LogP contribution is -2.37. The summed E-state index contributed by atoms with van der Waals surface area (Å²) in [6.07, 6.45) is 2.96. The zero-order chi connectivity index (χ0) is 23.4. The molecular formula is C19H23N9O3S2. The topological polar surface area (TPSA) is 164 Å². The lowest BCUT2D eigenvalue weighted by atomic mass is 10.3. The zero-order valence-electron chi connectivity index (χ0n) is 18.0. The minimum absolute atomic E-state index is 0.136. The van der Waals surface area contributed by atoms with Gasteiger partial charge in [0.25, 0.3) is 11.5 Å². The van der Waals surface area contributed by atoms with Crippen LogP contribution in [-0.4, -0.2) is 68.9 Å². The van der Waals surface area contributed by atoms with E-state index in [0.29, 0.717) is 52.0 Å². The van der Waals surface area contributed by atoms with Gasteiger partial charge in [-0.15, -0.1) is 0 Å². The monoisotopic (exact) mass is 489 g/mol. The molecule has 1 aliphatic heterocycles. The maximum atomic E-state index is 12.7. The molecule has 0 aliphatic carbocycles. The van der Waals surface area contributed by atoms with Crippen LogP contribution in [0.2, 0.25) is 0 Å². The Morgan fingerprint density at radius 3 is 2.88 bits per heavy atom. The summed E-state index contributed by atoms with van der Waals surface area (Å²) >= 11 is 2.26. The third-order valence-electron chi connectivity index (χ3n) is 4.88. The van der Waals surface area contributed by atoms with Crippen LogP contribution < -0.4 is 21.9 Å². The van der Waals surface area contributed by atoms with Crippen LogP contribution in [0.3, 0.4) is 0 Å². The molecule has 0 saturated carbocycles. The van der Waals surface area contributed by atoms with Crippen LogP contribution in [0.1, 0.15) is 26.6 Å². The van der Waals surface area contributed by atoms with E-state index in [0.717, 1.165) is 24.6 Å². The zero-order valence-corrected chi connectivity index (χ0v) is 19.7. The van der Waals surface area contributed by atoms with E-state index in [1.807, 2.05) is 0 Å². The number of rotatable bonds is 7. The number of thiazole rings is 1. The fourth-order valence-corrected chi connectivity index (χ4v) is 4.75. The lowest BCUT2D eigenvalue weighted by Gasteiger charge is -2.24. The highest BCUT2D eigenvalue weighted by Crippen LogP contribution is 2.29. The van der Waals surface area contributed by atoms with Gasteiger partial charge >= 0.3 is 0 Å². The van der Waals surface area contributed by atoms with Crippen LogP contribution in [-0.2, 0) is 4.74 Å². The summed E-state index contributed by atoms with van der Waals surface area (Å²) in [5, 5.41) is 6.84. The molecule has 0 spiro atoms. The third kappa shape index (κ3) is 5.42. The highest BCUT2D eigenvalue weighted by molar-refractivity contribution is 7.18. The molecule has 174 valence electrons. The third-order valence-corrected chi connectivity index (χ3v) is 6.75. The first-order valence-electron chi connectivity index (χ1n) is 10.1. The van der Waals surface area contributed by atoms with Gasteiger partial charge in [0.1, 0.15) is 27.6 Å². The number of aliphatic imine (C=N–C) groups is 1. The van der Waals surface area contributed by atoms with Crippen LogP contribution in [0.4, 0.5) is 15.8 Å². The first-order valence-corrected chi connectivity index (χ1v) is 11.7. The number of morpholine rings is 1. The largest absolute Gasteiger partial charge is 0.383 e. The molecule has 12 nitrogen and oxygen atoms in total. The standard InChI is InChI=1S/C19H23N9O3S2/c1-10-12(7-21-8-22-10)25-17(30)14-11(2)24-19(32-14)26-18-13(16(29)27-33-18)15(20)23-9-28-3-5-31-6-4-28/h7-8H,3-6,9H2,1-2H3,(H2,20,23)(H,24,26)(H,25,30)(H,27,29). The van der Waals surface area contributed by atoms with Crippen LogP contribution in [0, 0.1) is 13.8 Å². The molecule has 0 unspecified atom stereocenters. The van der Waals surface area contributed by atoms with Gasteiger partial charge in [-0.3, -0.25) is 23.9 Å². The van der Waals surface area contributed by atoms with E-state index in [9.17, 15) is 9.59 Å². The maximum Gasteiger partial charge on any atom is 0.271 e. The Hall–Kier alpha value is -3.20. The van der Waals surface area contributed by atoms with Gasteiger partial charge in [0.05, 0.1) is 43.2 Å². The van der Waals surface area contributed by atoms with E-state index < -0.39 is 0 Å². The van der Waals surface area contributed by atoms with Crippen LogP contribution in [0.25, 0.3) is 0 Å². The molecule has 3 aromatic heterocycles. The fraction of sp³-hybridized carbons (Fsp3) is 0.368. The van der Waals surface area contributed by atoms with Crippen molar-refractivity contribution < 1.29 is 9.53 Å². The molecule has 4 heterocycles. The van der Waals surface area contributed by atoms with E-state index in [-0.39, 0.29) is 22.9 Å². The summed E-state index contributed by atoms with van der Waals surface area (Å²) in [4.78, 5) is 44.4.